The van der Waals surface area contributed by atoms with Gasteiger partial charge in [-0.2, -0.15) is 0 Å². The zero-order chi connectivity index (χ0) is 17.0. The molecule has 2 aromatic heterocycles. The Morgan fingerprint density at radius 2 is 1.88 bits per heavy atom. The number of nitrogens with one attached hydrogen (secondary N) is 1. The summed E-state index contributed by atoms with van der Waals surface area (Å²) in [6.07, 6.45) is 13.2. The third-order valence-corrected chi connectivity index (χ3v) is 5.87. The van der Waals surface area contributed by atoms with Crippen molar-refractivity contribution in [3.05, 3.63) is 30.6 Å². The first kappa shape index (κ1) is 17.0. The summed E-state index contributed by atoms with van der Waals surface area (Å²) in [6, 6.07) is 0. The van der Waals surface area contributed by atoms with E-state index < -0.39 is 10.0 Å². The van der Waals surface area contributed by atoms with Crippen molar-refractivity contribution in [1.82, 2.24) is 24.2 Å². The minimum atomic E-state index is -3.25. The van der Waals surface area contributed by atoms with Gasteiger partial charge in [0.1, 0.15) is 11.6 Å². The number of hydrogen-bond donors (Lipinski definition) is 1. The smallest absolute Gasteiger partial charge is 0.213 e. The SMILES string of the molecule is CNS(=O)(=O)CCn1ccnc1-c1cnc(C2CCCCC2)nc1. The van der Waals surface area contributed by atoms with Gasteiger partial charge in [-0.25, -0.2) is 28.1 Å². The zero-order valence-corrected chi connectivity index (χ0v) is 14.7. The average molecular weight is 349 g/mol. The number of sulfonamides is 1. The number of hydrogen-bond acceptors (Lipinski definition) is 5. The molecule has 0 atom stereocenters. The van der Waals surface area contributed by atoms with Crippen LogP contribution in [0.2, 0.25) is 0 Å². The summed E-state index contributed by atoms with van der Waals surface area (Å²) >= 11 is 0. The third kappa shape index (κ3) is 3.99. The predicted molar refractivity (Wildman–Crippen MR) is 91.9 cm³/mol. The summed E-state index contributed by atoms with van der Waals surface area (Å²) in [6.45, 7) is 0.336. The molecular formula is C16H23N5O2S. The van der Waals surface area contributed by atoms with Crippen molar-refractivity contribution in [3.63, 3.8) is 0 Å². The van der Waals surface area contributed by atoms with Crippen LogP contribution in [0.3, 0.4) is 0 Å². The molecule has 0 amide bonds. The highest BCUT2D eigenvalue weighted by Crippen LogP contribution is 2.30. The maximum absolute atomic E-state index is 11.6. The lowest BCUT2D eigenvalue weighted by Gasteiger charge is -2.20. The van der Waals surface area contributed by atoms with Crippen LogP contribution >= 0.6 is 0 Å². The van der Waals surface area contributed by atoms with Gasteiger partial charge in [0.2, 0.25) is 10.0 Å². The van der Waals surface area contributed by atoms with Crippen LogP contribution in [0.4, 0.5) is 0 Å². The van der Waals surface area contributed by atoms with E-state index in [0.717, 1.165) is 24.2 Å². The van der Waals surface area contributed by atoms with Crippen LogP contribution in [-0.4, -0.2) is 40.7 Å². The highest BCUT2D eigenvalue weighted by atomic mass is 32.2. The molecule has 0 radical (unpaired) electrons. The topological polar surface area (TPSA) is 89.8 Å². The minimum absolute atomic E-state index is 0.00781. The lowest BCUT2D eigenvalue weighted by molar-refractivity contribution is 0.428. The van der Waals surface area contributed by atoms with Gasteiger partial charge >= 0.3 is 0 Å². The molecule has 1 saturated carbocycles. The molecule has 1 N–H and O–H groups in total. The number of aryl methyl sites for hydroxylation is 1. The lowest BCUT2D eigenvalue weighted by atomic mass is 9.89. The molecule has 0 bridgehead atoms. The van der Waals surface area contributed by atoms with Crippen LogP contribution < -0.4 is 4.72 Å². The lowest BCUT2D eigenvalue weighted by Crippen LogP contribution is -2.24. The monoisotopic (exact) mass is 349 g/mol. The highest BCUT2D eigenvalue weighted by molar-refractivity contribution is 7.89. The van der Waals surface area contributed by atoms with E-state index >= 15 is 0 Å². The summed E-state index contributed by atoms with van der Waals surface area (Å²) in [5, 5.41) is 0. The molecule has 1 aliphatic rings. The number of aromatic nitrogens is 4. The number of imidazole rings is 1. The molecule has 0 unspecified atom stereocenters. The summed E-state index contributed by atoms with van der Waals surface area (Å²) in [4.78, 5) is 13.4. The van der Waals surface area contributed by atoms with Gasteiger partial charge in [-0.15, -0.1) is 0 Å². The Morgan fingerprint density at radius 3 is 2.54 bits per heavy atom. The molecule has 3 rings (SSSR count). The molecule has 1 fully saturated rings. The standard InChI is InChI=1S/C16H23N5O2S/c1-17-24(22,23)10-9-21-8-7-18-16(21)14-11-19-15(20-12-14)13-5-3-2-4-6-13/h7-8,11-13,17H,2-6,9-10H2,1H3. The van der Waals surface area contributed by atoms with Crippen molar-refractivity contribution in [1.29, 1.82) is 0 Å². The van der Waals surface area contributed by atoms with Gasteiger partial charge in [0, 0.05) is 37.3 Å². The summed E-state index contributed by atoms with van der Waals surface area (Å²) in [5.74, 6) is 2.08. The third-order valence-electron chi connectivity index (χ3n) is 4.53. The van der Waals surface area contributed by atoms with Gasteiger partial charge < -0.3 is 4.57 Å². The van der Waals surface area contributed by atoms with E-state index in [1.54, 1.807) is 24.8 Å². The van der Waals surface area contributed by atoms with Crippen molar-refractivity contribution in [3.8, 4) is 11.4 Å². The first-order valence-electron chi connectivity index (χ1n) is 8.34. The molecule has 8 heteroatoms. The molecule has 0 spiro atoms. The molecule has 0 aliphatic heterocycles. The Bertz CT molecular complexity index is 764. The van der Waals surface area contributed by atoms with E-state index in [4.69, 9.17) is 0 Å². The van der Waals surface area contributed by atoms with E-state index in [0.29, 0.717) is 18.3 Å². The molecule has 0 saturated heterocycles. The van der Waals surface area contributed by atoms with E-state index in [9.17, 15) is 8.42 Å². The van der Waals surface area contributed by atoms with Crippen molar-refractivity contribution in [2.24, 2.45) is 0 Å². The van der Waals surface area contributed by atoms with E-state index in [1.165, 1.54) is 26.3 Å². The van der Waals surface area contributed by atoms with Crippen LogP contribution in [0, 0.1) is 0 Å². The van der Waals surface area contributed by atoms with Crippen molar-refractivity contribution < 1.29 is 8.42 Å². The van der Waals surface area contributed by atoms with Crippen LogP contribution in [0.25, 0.3) is 11.4 Å². The molecule has 7 nitrogen and oxygen atoms in total. The molecule has 2 heterocycles. The predicted octanol–water partition coefficient (Wildman–Crippen LogP) is 1.94. The van der Waals surface area contributed by atoms with E-state index in [2.05, 4.69) is 19.7 Å². The summed E-state index contributed by atoms with van der Waals surface area (Å²) in [5.41, 5.74) is 0.807. The molecule has 1 aliphatic carbocycles. The number of nitrogens with zero attached hydrogens (tertiary/aromatic N) is 4. The fourth-order valence-electron chi connectivity index (χ4n) is 3.10. The fraction of sp³-hybridized carbons (Fsp3) is 0.562. The maximum atomic E-state index is 11.6. The van der Waals surface area contributed by atoms with E-state index in [-0.39, 0.29) is 5.75 Å². The Labute approximate surface area is 142 Å². The fourth-order valence-corrected chi connectivity index (χ4v) is 3.74. The second kappa shape index (κ2) is 7.40. The largest absolute Gasteiger partial charge is 0.330 e. The Kier molecular flexibility index (Phi) is 5.25. The van der Waals surface area contributed by atoms with Gasteiger partial charge in [-0.1, -0.05) is 19.3 Å². The second-order valence-corrected chi connectivity index (χ2v) is 8.18. The van der Waals surface area contributed by atoms with Crippen LogP contribution in [0.1, 0.15) is 43.8 Å². The highest BCUT2D eigenvalue weighted by Gasteiger charge is 2.18. The maximum Gasteiger partial charge on any atom is 0.213 e. The van der Waals surface area contributed by atoms with Crippen molar-refractivity contribution in [2.45, 2.75) is 44.6 Å². The minimum Gasteiger partial charge on any atom is -0.330 e. The molecular weight excluding hydrogens is 326 g/mol. The van der Waals surface area contributed by atoms with Gasteiger partial charge in [-0.3, -0.25) is 0 Å². The first-order chi connectivity index (χ1) is 11.6. The quantitative estimate of drug-likeness (QED) is 0.861. The van der Waals surface area contributed by atoms with Crippen LogP contribution in [0.15, 0.2) is 24.8 Å². The van der Waals surface area contributed by atoms with Crippen LogP contribution in [-0.2, 0) is 16.6 Å². The average Bonchev–Trinajstić information content (AvgIpc) is 3.10. The Morgan fingerprint density at radius 1 is 1.17 bits per heavy atom. The molecule has 0 aromatic carbocycles. The normalized spacial score (nSPS) is 16.4. The van der Waals surface area contributed by atoms with Crippen molar-refractivity contribution in [2.75, 3.05) is 12.8 Å². The van der Waals surface area contributed by atoms with E-state index in [1.807, 2.05) is 4.57 Å². The van der Waals surface area contributed by atoms with Gasteiger partial charge in [0.05, 0.1) is 11.3 Å². The van der Waals surface area contributed by atoms with Crippen molar-refractivity contribution >= 4 is 10.0 Å². The zero-order valence-electron chi connectivity index (χ0n) is 13.9. The molecule has 2 aromatic rings. The molecule has 24 heavy (non-hydrogen) atoms. The Hall–Kier alpha value is -1.80. The van der Waals surface area contributed by atoms with Gasteiger partial charge in [-0.05, 0) is 19.9 Å². The molecule has 130 valence electrons. The van der Waals surface area contributed by atoms with Gasteiger partial charge in [0.25, 0.3) is 0 Å². The van der Waals surface area contributed by atoms with Gasteiger partial charge in [0.15, 0.2) is 0 Å². The number of rotatable bonds is 6. The summed E-state index contributed by atoms with van der Waals surface area (Å²) < 4.78 is 27.3. The Balaban J connectivity index is 1.74. The first-order valence-corrected chi connectivity index (χ1v) is 9.99. The summed E-state index contributed by atoms with van der Waals surface area (Å²) in [7, 11) is -1.83. The van der Waals surface area contributed by atoms with Crippen LogP contribution in [0.5, 0.6) is 0 Å². The second-order valence-electron chi connectivity index (χ2n) is 6.13.